The average molecular weight is 369 g/mol. The Morgan fingerprint density at radius 3 is 2.69 bits per heavy atom. The number of hydrogen-bond acceptors (Lipinski definition) is 5. The number of nitrogens with zero attached hydrogens (tertiary/aromatic N) is 3. The highest BCUT2D eigenvalue weighted by atomic mass is 32.2. The first kappa shape index (κ1) is 17.5. The molecule has 136 valence electrons. The number of carbonyl (C=O) groups is 1. The second kappa shape index (κ2) is 6.05. The summed E-state index contributed by atoms with van der Waals surface area (Å²) in [5.41, 5.74) is 3.18. The molecule has 1 aromatic heterocycles. The zero-order valence-electron chi connectivity index (χ0n) is 15.6. The number of rotatable bonds is 4. The van der Waals surface area contributed by atoms with Crippen molar-refractivity contribution in [3.8, 4) is 0 Å². The third-order valence-electron chi connectivity index (χ3n) is 6.47. The van der Waals surface area contributed by atoms with Crippen molar-refractivity contribution in [3.05, 3.63) is 41.7 Å². The van der Waals surface area contributed by atoms with Gasteiger partial charge in [0.15, 0.2) is 0 Å². The van der Waals surface area contributed by atoms with Crippen molar-refractivity contribution in [2.75, 3.05) is 5.32 Å². The zero-order valence-corrected chi connectivity index (χ0v) is 16.4. The Balaban J connectivity index is 1.51. The normalized spacial score (nSPS) is 26.4. The molecule has 5 nitrogen and oxygen atoms in total. The number of thioether (sulfide) groups is 1. The van der Waals surface area contributed by atoms with Gasteiger partial charge in [0.25, 0.3) is 0 Å². The molecule has 1 heterocycles. The van der Waals surface area contributed by atoms with Gasteiger partial charge in [0.05, 0.1) is 16.6 Å². The molecular weight excluding hydrogens is 344 g/mol. The van der Waals surface area contributed by atoms with E-state index in [2.05, 4.69) is 36.3 Å². The van der Waals surface area contributed by atoms with Gasteiger partial charge in [0.2, 0.25) is 11.1 Å². The Kier molecular flexibility index (Phi) is 4.06. The summed E-state index contributed by atoms with van der Waals surface area (Å²) < 4.78 is 0. The van der Waals surface area contributed by atoms with Crippen molar-refractivity contribution < 1.29 is 4.79 Å². The van der Waals surface area contributed by atoms with E-state index < -0.39 is 0 Å². The van der Waals surface area contributed by atoms with Gasteiger partial charge in [-0.1, -0.05) is 50.7 Å². The largest absolute Gasteiger partial charge is 0.325 e. The van der Waals surface area contributed by atoms with Crippen molar-refractivity contribution in [1.29, 1.82) is 0 Å². The fraction of sp³-hybridized carbons (Fsp3) is 0.500. The number of nitrogens with one attached hydrogen (secondary N) is 1. The fourth-order valence-corrected chi connectivity index (χ4v) is 5.11. The molecule has 1 aromatic carbocycles. The lowest BCUT2D eigenvalue weighted by Crippen LogP contribution is -2.32. The summed E-state index contributed by atoms with van der Waals surface area (Å²) in [6, 6.07) is 9.48. The van der Waals surface area contributed by atoms with Gasteiger partial charge >= 0.3 is 0 Å². The molecule has 4 rings (SSSR count). The molecule has 26 heavy (non-hydrogen) atoms. The molecule has 1 fully saturated rings. The zero-order chi connectivity index (χ0) is 18.5. The molecule has 2 aromatic rings. The van der Waals surface area contributed by atoms with Crippen LogP contribution in [0.25, 0.3) is 0 Å². The first-order chi connectivity index (χ1) is 12.3. The molecule has 2 aliphatic carbocycles. The molecule has 1 N–H and O–H groups in total. The summed E-state index contributed by atoms with van der Waals surface area (Å²) in [6.45, 7) is 8.79. The van der Waals surface area contributed by atoms with Crippen LogP contribution in [0.3, 0.4) is 0 Å². The third kappa shape index (κ3) is 2.54. The summed E-state index contributed by atoms with van der Waals surface area (Å²) in [4.78, 5) is 17.2. The second-order valence-electron chi connectivity index (χ2n) is 8.09. The Morgan fingerprint density at radius 1 is 1.23 bits per heavy atom. The van der Waals surface area contributed by atoms with Gasteiger partial charge in [-0.05, 0) is 37.3 Å². The Bertz CT molecular complexity index is 854. The van der Waals surface area contributed by atoms with Crippen LogP contribution in [-0.2, 0) is 10.2 Å². The van der Waals surface area contributed by atoms with Gasteiger partial charge in [0, 0.05) is 17.0 Å². The minimum absolute atomic E-state index is 0.0564. The van der Waals surface area contributed by atoms with E-state index in [4.69, 9.17) is 4.98 Å². The number of anilines is 1. The molecule has 0 aliphatic heterocycles. The number of benzene rings is 1. The predicted molar refractivity (Wildman–Crippen MR) is 103 cm³/mol. The number of amides is 1. The highest BCUT2D eigenvalue weighted by Gasteiger charge is 2.61. The van der Waals surface area contributed by atoms with Crippen molar-refractivity contribution in [3.63, 3.8) is 0 Å². The maximum Gasteiger partial charge on any atom is 0.237 e. The maximum atomic E-state index is 12.4. The Hall–Kier alpha value is -1.95. The third-order valence-corrected chi connectivity index (χ3v) is 7.42. The van der Waals surface area contributed by atoms with Crippen LogP contribution in [0.15, 0.2) is 35.5 Å². The molecule has 0 unspecified atom stereocenters. The highest BCUT2D eigenvalue weighted by Crippen LogP contribution is 2.66. The van der Waals surface area contributed by atoms with Crippen LogP contribution in [0.5, 0.6) is 0 Å². The fourth-order valence-electron chi connectivity index (χ4n) is 4.39. The van der Waals surface area contributed by atoms with Gasteiger partial charge in [-0.15, -0.1) is 5.10 Å². The van der Waals surface area contributed by atoms with Crippen LogP contribution in [0, 0.1) is 5.41 Å². The van der Waals surface area contributed by atoms with Gasteiger partial charge in [-0.2, -0.15) is 5.10 Å². The van der Waals surface area contributed by atoms with Gasteiger partial charge in [-0.25, -0.2) is 4.98 Å². The van der Waals surface area contributed by atoms with E-state index >= 15 is 0 Å². The number of aromatic nitrogens is 3. The monoisotopic (exact) mass is 368 g/mol. The van der Waals surface area contributed by atoms with Crippen molar-refractivity contribution >= 4 is 23.4 Å². The van der Waals surface area contributed by atoms with E-state index in [0.717, 1.165) is 29.9 Å². The van der Waals surface area contributed by atoms with E-state index in [1.807, 2.05) is 37.3 Å². The van der Waals surface area contributed by atoms with Crippen molar-refractivity contribution in [1.82, 2.24) is 15.2 Å². The maximum absolute atomic E-state index is 12.4. The lowest BCUT2D eigenvalue weighted by molar-refractivity contribution is -0.115. The summed E-state index contributed by atoms with van der Waals surface area (Å²) in [5.74, 6) is 0.380. The number of hydrogen-bond donors (Lipinski definition) is 1. The minimum Gasteiger partial charge on any atom is -0.325 e. The summed E-state index contributed by atoms with van der Waals surface area (Å²) in [5, 5.41) is 12.1. The van der Waals surface area contributed by atoms with E-state index in [1.54, 1.807) is 0 Å². The molecule has 0 spiro atoms. The van der Waals surface area contributed by atoms with Crippen LogP contribution < -0.4 is 5.32 Å². The van der Waals surface area contributed by atoms with Crippen LogP contribution in [-0.4, -0.2) is 26.3 Å². The van der Waals surface area contributed by atoms with E-state index in [0.29, 0.717) is 11.1 Å². The van der Waals surface area contributed by atoms with Crippen molar-refractivity contribution in [2.45, 2.75) is 62.3 Å². The first-order valence-corrected chi connectivity index (χ1v) is 9.98. The van der Waals surface area contributed by atoms with E-state index in [1.165, 1.54) is 11.8 Å². The molecule has 1 saturated carbocycles. The van der Waals surface area contributed by atoms with Gasteiger partial charge < -0.3 is 5.32 Å². The highest BCUT2D eigenvalue weighted by molar-refractivity contribution is 8.00. The van der Waals surface area contributed by atoms with Crippen LogP contribution in [0.1, 0.15) is 57.8 Å². The topological polar surface area (TPSA) is 67.8 Å². The lowest BCUT2D eigenvalue weighted by Gasteiger charge is -2.33. The number of para-hydroxylation sites is 1. The molecular formula is C20H24N4OS. The quantitative estimate of drug-likeness (QED) is 0.821. The Morgan fingerprint density at radius 2 is 1.96 bits per heavy atom. The molecule has 2 aliphatic rings. The summed E-state index contributed by atoms with van der Waals surface area (Å²) >= 11 is 1.37. The molecule has 2 bridgehead atoms. The number of carbonyl (C=O) groups excluding carboxylic acids is 1. The smallest absolute Gasteiger partial charge is 0.237 e. The second-order valence-corrected chi connectivity index (χ2v) is 9.40. The molecule has 0 saturated heterocycles. The van der Waals surface area contributed by atoms with Crippen LogP contribution in [0.2, 0.25) is 0 Å². The van der Waals surface area contributed by atoms with Crippen LogP contribution in [0.4, 0.5) is 5.69 Å². The molecule has 1 amide bonds. The summed E-state index contributed by atoms with van der Waals surface area (Å²) in [6.07, 6.45) is 2.31. The SMILES string of the molecule is C[C@@H](Sc1nnc2c(n1)[C@H]1CC[C@]2(C)C1(C)C)C(=O)Nc1ccccc1. The van der Waals surface area contributed by atoms with E-state index in [9.17, 15) is 4.79 Å². The Labute approximate surface area is 158 Å². The average Bonchev–Trinajstić information content (AvgIpc) is 2.94. The van der Waals surface area contributed by atoms with Crippen molar-refractivity contribution in [2.24, 2.45) is 5.41 Å². The minimum atomic E-state index is -0.294. The standard InChI is InChI=1S/C20H24N4OS/c1-12(17(25)21-13-8-6-5-7-9-13)26-18-22-15-14-10-11-20(4,19(14,2)3)16(15)23-24-18/h5-9,12,14H,10-11H2,1-4H3,(H,21,25)/t12-,14-,20+/m1/s1. The predicted octanol–water partition coefficient (Wildman–Crippen LogP) is 4.17. The lowest BCUT2D eigenvalue weighted by atomic mass is 9.70. The van der Waals surface area contributed by atoms with E-state index in [-0.39, 0.29) is 22.0 Å². The van der Waals surface area contributed by atoms with Gasteiger partial charge in [-0.3, -0.25) is 4.79 Å². The molecule has 3 atom stereocenters. The summed E-state index contributed by atoms with van der Waals surface area (Å²) in [7, 11) is 0. The molecule has 0 radical (unpaired) electrons. The number of fused-ring (bicyclic) bond motifs is 5. The van der Waals surface area contributed by atoms with Gasteiger partial charge in [0.1, 0.15) is 0 Å². The first-order valence-electron chi connectivity index (χ1n) is 9.10. The molecule has 6 heteroatoms. The van der Waals surface area contributed by atoms with Crippen LogP contribution >= 0.6 is 11.8 Å².